The predicted octanol–water partition coefficient (Wildman–Crippen LogP) is 3.57. The highest BCUT2D eigenvalue weighted by molar-refractivity contribution is 5.83. The van der Waals surface area contributed by atoms with Crippen LogP contribution in [0.2, 0.25) is 0 Å². The van der Waals surface area contributed by atoms with Gasteiger partial charge in [0.15, 0.2) is 11.5 Å². The first kappa shape index (κ1) is 17.5. The Morgan fingerprint density at radius 1 is 1.25 bits per heavy atom. The first-order valence-electron chi connectivity index (χ1n) is 8.52. The van der Waals surface area contributed by atoms with Crippen molar-refractivity contribution in [3.05, 3.63) is 69.7 Å². The number of benzene rings is 1. The molecule has 0 saturated heterocycles. The van der Waals surface area contributed by atoms with Gasteiger partial charge in [-0.3, -0.25) is 15.5 Å². The zero-order valence-electron chi connectivity index (χ0n) is 15.2. The standard InChI is InChI=1S/C19H17N5O4/c1-12-8-14(10-21-22-19-16(24(25)26)4-3-7-20-19)13(2)23(12)15-5-6-17-18(9-15)28-11-27-17/h3-10H,11H2,1-2H3,(H,20,22)/b21-10-. The van der Waals surface area contributed by atoms with Crippen molar-refractivity contribution in [1.82, 2.24) is 9.55 Å². The summed E-state index contributed by atoms with van der Waals surface area (Å²) in [7, 11) is 0. The molecule has 0 bridgehead atoms. The summed E-state index contributed by atoms with van der Waals surface area (Å²) in [6.45, 7) is 4.19. The topological polar surface area (TPSA) is 104 Å². The third-order valence-electron chi connectivity index (χ3n) is 4.44. The Labute approximate surface area is 160 Å². The lowest BCUT2D eigenvalue weighted by atomic mass is 10.2. The van der Waals surface area contributed by atoms with Crippen LogP contribution in [0.1, 0.15) is 17.0 Å². The lowest BCUT2D eigenvalue weighted by molar-refractivity contribution is -0.384. The number of hydrogen-bond acceptors (Lipinski definition) is 7. The van der Waals surface area contributed by atoms with Gasteiger partial charge in [-0.1, -0.05) is 0 Å². The Hall–Kier alpha value is -3.88. The normalized spacial score (nSPS) is 12.5. The zero-order chi connectivity index (χ0) is 19.7. The first-order chi connectivity index (χ1) is 13.5. The Morgan fingerprint density at radius 2 is 2.07 bits per heavy atom. The van der Waals surface area contributed by atoms with Crippen LogP contribution in [0.15, 0.2) is 47.7 Å². The Balaban J connectivity index is 1.60. The smallest absolute Gasteiger partial charge is 0.313 e. The van der Waals surface area contributed by atoms with Gasteiger partial charge >= 0.3 is 5.69 Å². The first-order valence-corrected chi connectivity index (χ1v) is 8.52. The van der Waals surface area contributed by atoms with E-state index in [9.17, 15) is 10.1 Å². The second-order valence-corrected chi connectivity index (χ2v) is 6.20. The molecule has 0 spiro atoms. The minimum atomic E-state index is -0.504. The van der Waals surface area contributed by atoms with E-state index in [4.69, 9.17) is 9.47 Å². The van der Waals surface area contributed by atoms with Crippen LogP contribution < -0.4 is 14.9 Å². The van der Waals surface area contributed by atoms with E-state index in [-0.39, 0.29) is 18.3 Å². The Kier molecular flexibility index (Phi) is 4.40. The molecule has 0 fully saturated rings. The van der Waals surface area contributed by atoms with Gasteiger partial charge in [0.1, 0.15) is 0 Å². The van der Waals surface area contributed by atoms with Crippen LogP contribution in [0.25, 0.3) is 5.69 Å². The average molecular weight is 379 g/mol. The highest BCUT2D eigenvalue weighted by Crippen LogP contribution is 2.34. The second kappa shape index (κ2) is 7.03. The van der Waals surface area contributed by atoms with Crippen molar-refractivity contribution < 1.29 is 14.4 Å². The van der Waals surface area contributed by atoms with Gasteiger partial charge in [0, 0.05) is 41.0 Å². The fraction of sp³-hybridized carbons (Fsp3) is 0.158. The molecule has 0 aliphatic carbocycles. The van der Waals surface area contributed by atoms with Crippen LogP contribution in [-0.4, -0.2) is 27.5 Å². The van der Waals surface area contributed by atoms with Crippen molar-refractivity contribution in [2.75, 3.05) is 12.2 Å². The summed E-state index contributed by atoms with van der Waals surface area (Å²) in [4.78, 5) is 14.5. The zero-order valence-corrected chi connectivity index (χ0v) is 15.2. The van der Waals surface area contributed by atoms with Gasteiger partial charge < -0.3 is 14.0 Å². The number of pyridine rings is 1. The van der Waals surface area contributed by atoms with Crippen LogP contribution >= 0.6 is 0 Å². The summed E-state index contributed by atoms with van der Waals surface area (Å²) in [5, 5.41) is 15.2. The Morgan fingerprint density at radius 3 is 2.89 bits per heavy atom. The van der Waals surface area contributed by atoms with E-state index >= 15 is 0 Å². The number of nitro groups is 1. The molecule has 0 unspecified atom stereocenters. The number of aryl methyl sites for hydroxylation is 1. The van der Waals surface area contributed by atoms with Crippen LogP contribution in [0.3, 0.4) is 0 Å². The van der Waals surface area contributed by atoms with Gasteiger partial charge in [-0.05, 0) is 38.1 Å². The number of ether oxygens (including phenoxy) is 2. The van der Waals surface area contributed by atoms with E-state index < -0.39 is 4.92 Å². The third-order valence-corrected chi connectivity index (χ3v) is 4.44. The molecule has 9 nitrogen and oxygen atoms in total. The van der Waals surface area contributed by atoms with Gasteiger partial charge in [0.05, 0.1) is 11.1 Å². The molecule has 3 aromatic rings. The van der Waals surface area contributed by atoms with E-state index in [1.807, 2.05) is 38.1 Å². The molecule has 0 atom stereocenters. The Bertz CT molecular complexity index is 1090. The number of nitrogens with one attached hydrogen (secondary N) is 1. The number of anilines is 1. The van der Waals surface area contributed by atoms with Crippen LogP contribution in [0.4, 0.5) is 11.5 Å². The molecule has 1 aromatic carbocycles. The number of fused-ring (bicyclic) bond motifs is 1. The molecule has 3 heterocycles. The summed E-state index contributed by atoms with van der Waals surface area (Å²) < 4.78 is 12.9. The molecule has 28 heavy (non-hydrogen) atoms. The average Bonchev–Trinajstić information content (AvgIpc) is 3.25. The summed E-state index contributed by atoms with van der Waals surface area (Å²) in [6, 6.07) is 10.6. The van der Waals surface area contributed by atoms with Gasteiger partial charge in [-0.2, -0.15) is 5.10 Å². The van der Waals surface area contributed by atoms with Gasteiger partial charge in [0.25, 0.3) is 0 Å². The SMILES string of the molecule is Cc1cc(/C=N\Nc2ncccc2[N+](=O)[O-])c(C)n1-c1ccc2c(c1)OCO2. The number of rotatable bonds is 5. The van der Waals surface area contributed by atoms with Crippen molar-refractivity contribution >= 4 is 17.7 Å². The van der Waals surface area contributed by atoms with Gasteiger partial charge in [-0.15, -0.1) is 0 Å². The van der Waals surface area contributed by atoms with E-state index in [2.05, 4.69) is 20.1 Å². The molecular formula is C19H17N5O4. The maximum Gasteiger partial charge on any atom is 0.313 e. The molecule has 1 aliphatic rings. The lowest BCUT2D eigenvalue weighted by Crippen LogP contribution is -2.01. The fourth-order valence-corrected chi connectivity index (χ4v) is 3.13. The number of nitrogens with zero attached hydrogens (tertiary/aromatic N) is 4. The number of hydrogen-bond donors (Lipinski definition) is 1. The van der Waals surface area contributed by atoms with Crippen molar-refractivity contribution in [2.45, 2.75) is 13.8 Å². The monoisotopic (exact) mass is 379 g/mol. The van der Waals surface area contributed by atoms with Crippen molar-refractivity contribution in [3.63, 3.8) is 0 Å². The minimum Gasteiger partial charge on any atom is -0.454 e. The summed E-state index contributed by atoms with van der Waals surface area (Å²) in [6.07, 6.45) is 3.08. The molecule has 142 valence electrons. The second-order valence-electron chi connectivity index (χ2n) is 6.20. The number of hydrazone groups is 1. The fourth-order valence-electron chi connectivity index (χ4n) is 3.13. The highest BCUT2D eigenvalue weighted by Gasteiger charge is 2.17. The molecular weight excluding hydrogens is 362 g/mol. The molecule has 1 N–H and O–H groups in total. The van der Waals surface area contributed by atoms with E-state index in [0.29, 0.717) is 5.75 Å². The molecule has 0 amide bonds. The summed E-state index contributed by atoms with van der Waals surface area (Å²) >= 11 is 0. The minimum absolute atomic E-state index is 0.0910. The maximum absolute atomic E-state index is 11.0. The van der Waals surface area contributed by atoms with Gasteiger partial charge in [-0.25, -0.2) is 4.98 Å². The van der Waals surface area contributed by atoms with Crippen molar-refractivity contribution in [1.29, 1.82) is 0 Å². The largest absolute Gasteiger partial charge is 0.454 e. The van der Waals surface area contributed by atoms with Crippen LogP contribution in [-0.2, 0) is 0 Å². The molecule has 2 aromatic heterocycles. The van der Waals surface area contributed by atoms with Gasteiger partial charge in [0.2, 0.25) is 12.6 Å². The van der Waals surface area contributed by atoms with Crippen LogP contribution in [0.5, 0.6) is 11.5 Å². The lowest BCUT2D eigenvalue weighted by Gasteiger charge is -2.10. The quantitative estimate of drug-likeness (QED) is 0.413. The number of aromatic nitrogens is 2. The van der Waals surface area contributed by atoms with Crippen molar-refractivity contribution in [3.8, 4) is 17.2 Å². The summed E-state index contributed by atoms with van der Waals surface area (Å²) in [5.74, 6) is 1.53. The third kappa shape index (κ3) is 3.13. The van der Waals surface area contributed by atoms with Crippen molar-refractivity contribution in [2.24, 2.45) is 5.10 Å². The predicted molar refractivity (Wildman–Crippen MR) is 103 cm³/mol. The van der Waals surface area contributed by atoms with E-state index in [1.165, 1.54) is 18.3 Å². The molecule has 4 rings (SSSR count). The maximum atomic E-state index is 11.0. The molecule has 1 aliphatic heterocycles. The molecule has 0 saturated carbocycles. The molecule has 9 heteroatoms. The van der Waals surface area contributed by atoms with E-state index in [1.54, 1.807) is 6.21 Å². The molecule has 0 radical (unpaired) electrons. The summed E-state index contributed by atoms with van der Waals surface area (Å²) in [5.41, 5.74) is 6.32. The highest BCUT2D eigenvalue weighted by atomic mass is 16.7. The van der Waals surface area contributed by atoms with Crippen LogP contribution in [0, 0.1) is 24.0 Å². The van der Waals surface area contributed by atoms with E-state index in [0.717, 1.165) is 28.4 Å².